The van der Waals surface area contributed by atoms with Crippen LogP contribution in [0.3, 0.4) is 0 Å². The number of nitrogens with zero attached hydrogens (tertiary/aromatic N) is 2. The van der Waals surface area contributed by atoms with Gasteiger partial charge in [-0.05, 0) is 49.2 Å². The highest BCUT2D eigenvalue weighted by atomic mass is 16.4. The molecule has 2 N–H and O–H groups in total. The standard InChI is InChI=1S/C21H21N3O3/c1-14-12-22-24(13-14)18-10-8-17(9-11-18)20(25)23-19(15(2)21(26)27)16-6-4-3-5-7-16/h3-13,15,19H,1-2H3,(H,23,25)(H,26,27)/t15-,19-/m1/s1. The molecule has 1 aromatic heterocycles. The van der Waals surface area contributed by atoms with Gasteiger partial charge in [-0.2, -0.15) is 5.10 Å². The Labute approximate surface area is 157 Å². The Morgan fingerprint density at radius 3 is 2.30 bits per heavy atom. The maximum absolute atomic E-state index is 12.7. The second-order valence-electron chi connectivity index (χ2n) is 6.50. The maximum atomic E-state index is 12.7. The number of carboxylic acid groups (broad SMARTS) is 1. The van der Waals surface area contributed by atoms with E-state index in [1.54, 1.807) is 42.1 Å². The highest BCUT2D eigenvalue weighted by molar-refractivity contribution is 5.95. The zero-order chi connectivity index (χ0) is 19.4. The van der Waals surface area contributed by atoms with Gasteiger partial charge in [-0.1, -0.05) is 30.3 Å². The van der Waals surface area contributed by atoms with Crippen molar-refractivity contribution in [3.05, 3.63) is 83.7 Å². The number of aliphatic carboxylic acids is 1. The summed E-state index contributed by atoms with van der Waals surface area (Å²) in [4.78, 5) is 24.2. The number of hydrogen-bond acceptors (Lipinski definition) is 3. The Morgan fingerprint density at radius 2 is 1.74 bits per heavy atom. The summed E-state index contributed by atoms with van der Waals surface area (Å²) in [7, 11) is 0. The molecule has 0 unspecified atom stereocenters. The molecule has 27 heavy (non-hydrogen) atoms. The van der Waals surface area contributed by atoms with Crippen molar-refractivity contribution >= 4 is 11.9 Å². The van der Waals surface area contributed by atoms with E-state index in [1.165, 1.54) is 0 Å². The summed E-state index contributed by atoms with van der Waals surface area (Å²) in [5, 5.41) is 16.5. The van der Waals surface area contributed by atoms with Crippen molar-refractivity contribution in [2.24, 2.45) is 5.92 Å². The second-order valence-corrected chi connectivity index (χ2v) is 6.50. The first-order valence-corrected chi connectivity index (χ1v) is 8.66. The van der Waals surface area contributed by atoms with E-state index in [2.05, 4.69) is 10.4 Å². The number of rotatable bonds is 6. The number of aryl methyl sites for hydroxylation is 1. The van der Waals surface area contributed by atoms with Crippen LogP contribution in [0, 0.1) is 12.8 Å². The molecule has 2 atom stereocenters. The van der Waals surface area contributed by atoms with Crippen LogP contribution < -0.4 is 5.32 Å². The van der Waals surface area contributed by atoms with Gasteiger partial charge < -0.3 is 10.4 Å². The molecule has 2 aromatic carbocycles. The van der Waals surface area contributed by atoms with E-state index in [4.69, 9.17) is 0 Å². The van der Waals surface area contributed by atoms with E-state index < -0.39 is 17.9 Å². The topological polar surface area (TPSA) is 84.2 Å². The Kier molecular flexibility index (Phi) is 5.35. The van der Waals surface area contributed by atoms with Gasteiger partial charge >= 0.3 is 5.97 Å². The Hall–Kier alpha value is -3.41. The zero-order valence-electron chi connectivity index (χ0n) is 15.2. The van der Waals surface area contributed by atoms with Gasteiger partial charge in [-0.15, -0.1) is 0 Å². The van der Waals surface area contributed by atoms with Gasteiger partial charge in [-0.25, -0.2) is 4.68 Å². The predicted octanol–water partition coefficient (Wildman–Crippen LogP) is 3.37. The number of hydrogen-bond donors (Lipinski definition) is 2. The number of amides is 1. The minimum absolute atomic E-state index is 0.319. The van der Waals surface area contributed by atoms with Crippen molar-refractivity contribution in [3.63, 3.8) is 0 Å². The van der Waals surface area contributed by atoms with Crippen molar-refractivity contribution in [2.45, 2.75) is 19.9 Å². The fourth-order valence-corrected chi connectivity index (χ4v) is 2.84. The molecule has 0 radical (unpaired) electrons. The quantitative estimate of drug-likeness (QED) is 0.703. The van der Waals surface area contributed by atoms with Crippen LogP contribution >= 0.6 is 0 Å². The van der Waals surface area contributed by atoms with E-state index in [9.17, 15) is 14.7 Å². The van der Waals surface area contributed by atoms with E-state index >= 15 is 0 Å². The van der Waals surface area contributed by atoms with Crippen LogP contribution in [0.2, 0.25) is 0 Å². The highest BCUT2D eigenvalue weighted by Crippen LogP contribution is 2.23. The van der Waals surface area contributed by atoms with Crippen LogP contribution in [0.5, 0.6) is 0 Å². The van der Waals surface area contributed by atoms with Crippen LogP contribution in [0.1, 0.15) is 34.5 Å². The predicted molar refractivity (Wildman–Crippen MR) is 102 cm³/mol. The Morgan fingerprint density at radius 1 is 1.07 bits per heavy atom. The van der Waals surface area contributed by atoms with Crippen molar-refractivity contribution < 1.29 is 14.7 Å². The lowest BCUT2D eigenvalue weighted by molar-refractivity contribution is -0.142. The first-order chi connectivity index (χ1) is 13.0. The molecule has 0 aliphatic rings. The van der Waals surface area contributed by atoms with Crippen molar-refractivity contribution in [3.8, 4) is 5.69 Å². The van der Waals surface area contributed by atoms with Crippen LogP contribution in [-0.4, -0.2) is 26.8 Å². The van der Waals surface area contributed by atoms with Gasteiger partial charge in [0, 0.05) is 11.8 Å². The number of benzene rings is 2. The third-order valence-electron chi connectivity index (χ3n) is 4.44. The minimum Gasteiger partial charge on any atom is -0.481 e. The largest absolute Gasteiger partial charge is 0.481 e. The SMILES string of the molecule is Cc1cnn(-c2ccc(C(=O)N[C@@H](c3ccccc3)[C@@H](C)C(=O)O)cc2)c1. The molecule has 1 amide bonds. The van der Waals surface area contributed by atoms with Crippen LogP contribution in [0.25, 0.3) is 5.69 Å². The molecule has 6 nitrogen and oxygen atoms in total. The molecule has 0 aliphatic heterocycles. The molecule has 3 rings (SSSR count). The zero-order valence-corrected chi connectivity index (χ0v) is 15.2. The van der Waals surface area contributed by atoms with Gasteiger partial charge in [0.25, 0.3) is 5.91 Å². The fourth-order valence-electron chi connectivity index (χ4n) is 2.84. The molecule has 0 aliphatic carbocycles. The van der Waals surface area contributed by atoms with Crippen molar-refractivity contribution in [1.29, 1.82) is 0 Å². The molecule has 0 bridgehead atoms. The lowest BCUT2D eigenvalue weighted by atomic mass is 9.94. The number of nitrogens with one attached hydrogen (secondary N) is 1. The van der Waals surface area contributed by atoms with Crippen LogP contribution in [0.15, 0.2) is 67.0 Å². The average Bonchev–Trinajstić information content (AvgIpc) is 3.12. The molecule has 1 heterocycles. The lowest BCUT2D eigenvalue weighted by Gasteiger charge is -2.23. The summed E-state index contributed by atoms with van der Waals surface area (Å²) in [6, 6.07) is 15.5. The normalized spacial score (nSPS) is 13.0. The number of carboxylic acids is 1. The van der Waals surface area contributed by atoms with Gasteiger partial charge in [0.15, 0.2) is 0 Å². The lowest BCUT2D eigenvalue weighted by Crippen LogP contribution is -2.35. The van der Waals surface area contributed by atoms with E-state index in [0.29, 0.717) is 5.56 Å². The van der Waals surface area contributed by atoms with E-state index in [-0.39, 0.29) is 5.91 Å². The van der Waals surface area contributed by atoms with Gasteiger partial charge in [0.05, 0.1) is 23.8 Å². The molecular formula is C21H21N3O3. The van der Waals surface area contributed by atoms with Crippen LogP contribution in [0.4, 0.5) is 0 Å². The molecule has 0 saturated heterocycles. The van der Waals surface area contributed by atoms with Crippen molar-refractivity contribution in [2.75, 3.05) is 0 Å². The number of carbonyl (C=O) groups is 2. The monoisotopic (exact) mass is 363 g/mol. The molecule has 0 saturated carbocycles. The van der Waals surface area contributed by atoms with Gasteiger partial charge in [0.1, 0.15) is 0 Å². The first kappa shape index (κ1) is 18.4. The third kappa shape index (κ3) is 4.23. The van der Waals surface area contributed by atoms with Crippen molar-refractivity contribution in [1.82, 2.24) is 15.1 Å². The number of carbonyl (C=O) groups excluding carboxylic acids is 1. The average molecular weight is 363 g/mol. The molecule has 138 valence electrons. The summed E-state index contributed by atoms with van der Waals surface area (Å²) in [6.45, 7) is 3.54. The molecule has 0 spiro atoms. The molecule has 3 aromatic rings. The third-order valence-corrected chi connectivity index (χ3v) is 4.44. The fraction of sp³-hybridized carbons (Fsp3) is 0.190. The van der Waals surface area contributed by atoms with Crippen LogP contribution in [-0.2, 0) is 4.79 Å². The highest BCUT2D eigenvalue weighted by Gasteiger charge is 2.27. The maximum Gasteiger partial charge on any atom is 0.308 e. The summed E-state index contributed by atoms with van der Waals surface area (Å²) < 4.78 is 1.73. The summed E-state index contributed by atoms with van der Waals surface area (Å²) in [5.74, 6) is -2.05. The second kappa shape index (κ2) is 7.86. The molecule has 6 heteroatoms. The summed E-state index contributed by atoms with van der Waals surface area (Å²) in [6.07, 6.45) is 3.66. The van der Waals surface area contributed by atoms with E-state index in [0.717, 1.165) is 16.8 Å². The Bertz CT molecular complexity index is 933. The summed E-state index contributed by atoms with van der Waals surface area (Å²) in [5.41, 5.74) is 3.11. The summed E-state index contributed by atoms with van der Waals surface area (Å²) >= 11 is 0. The first-order valence-electron chi connectivity index (χ1n) is 8.66. The molecular weight excluding hydrogens is 342 g/mol. The number of aromatic nitrogens is 2. The smallest absolute Gasteiger partial charge is 0.308 e. The van der Waals surface area contributed by atoms with Gasteiger partial charge in [-0.3, -0.25) is 9.59 Å². The Balaban J connectivity index is 1.80. The minimum atomic E-state index is -0.964. The molecule has 0 fully saturated rings. The van der Waals surface area contributed by atoms with E-state index in [1.807, 2.05) is 43.5 Å². The van der Waals surface area contributed by atoms with Gasteiger partial charge in [0.2, 0.25) is 0 Å².